The first-order valence-electron chi connectivity index (χ1n) is 20.7. The lowest BCUT2D eigenvalue weighted by Gasteiger charge is -2.40. The molecule has 0 radical (unpaired) electrons. The molecule has 5 aliphatic rings. The fraction of sp³-hybridized carbons (Fsp3) is 0.435. The van der Waals surface area contributed by atoms with Crippen LogP contribution in [0, 0.1) is 0 Å². The summed E-state index contributed by atoms with van der Waals surface area (Å²) in [5.41, 5.74) is 20.5. The van der Waals surface area contributed by atoms with Crippen molar-refractivity contribution in [3.05, 3.63) is 95.1 Å². The molecule has 2 amide bonds. The maximum absolute atomic E-state index is 11.4. The van der Waals surface area contributed by atoms with Gasteiger partial charge in [0.2, 0.25) is 24.4 Å². The Kier molecular flexibility index (Phi) is 10.7. The summed E-state index contributed by atoms with van der Waals surface area (Å²) in [7, 11) is 0. The Balaban J connectivity index is 0.816. The van der Waals surface area contributed by atoms with E-state index in [4.69, 9.17) is 39.9 Å². The predicted octanol–water partition coefficient (Wildman–Crippen LogP) is 3.58. The molecule has 0 aliphatic carbocycles. The fourth-order valence-electron chi connectivity index (χ4n) is 9.60. The van der Waals surface area contributed by atoms with Crippen molar-refractivity contribution in [3.63, 3.8) is 0 Å². The maximum Gasteiger partial charge on any atom is 0.225 e. The number of amides is 2. The zero-order valence-electron chi connectivity index (χ0n) is 33.6. The first-order valence-corrected chi connectivity index (χ1v) is 20.7. The van der Waals surface area contributed by atoms with Gasteiger partial charge in [-0.3, -0.25) is 9.59 Å². The first-order chi connectivity index (χ1) is 29.1. The average molecular weight is 821 g/mol. The van der Waals surface area contributed by atoms with E-state index in [1.165, 1.54) is 0 Å². The molecular weight excluding hydrogens is 769 g/mol. The SMILES string of the molecule is NCc1ccc2c(c1-c1ccc(OC[C@]3(O)CO[C@](O)(COc4ccc(-c5c(CN)ccc6c5C5(CCN(C=O)CC5)CO6)cc4)CO3)cc1)C1(CCN(C=O)CC1)CO2. The lowest BCUT2D eigenvalue weighted by atomic mass is 9.71. The highest BCUT2D eigenvalue weighted by atomic mass is 16.7. The van der Waals surface area contributed by atoms with Crippen LogP contribution in [0.3, 0.4) is 0 Å². The molecule has 14 nitrogen and oxygen atoms in total. The molecule has 316 valence electrons. The number of hydrogen-bond donors (Lipinski definition) is 4. The zero-order valence-corrected chi connectivity index (χ0v) is 33.6. The fourth-order valence-corrected chi connectivity index (χ4v) is 9.60. The van der Waals surface area contributed by atoms with Gasteiger partial charge in [-0.05, 0) is 95.5 Å². The van der Waals surface area contributed by atoms with Crippen LogP contribution in [0.1, 0.15) is 47.9 Å². The second-order valence-electron chi connectivity index (χ2n) is 16.9. The molecular formula is C46H52N4O10. The van der Waals surface area contributed by atoms with Crippen molar-refractivity contribution in [3.8, 4) is 45.3 Å². The Morgan fingerprint density at radius 2 is 0.950 bits per heavy atom. The zero-order chi connectivity index (χ0) is 41.5. The van der Waals surface area contributed by atoms with Gasteiger partial charge < -0.3 is 59.9 Å². The minimum atomic E-state index is -1.80. The highest BCUT2D eigenvalue weighted by molar-refractivity contribution is 5.78. The molecule has 3 saturated heterocycles. The van der Waals surface area contributed by atoms with Gasteiger partial charge in [-0.2, -0.15) is 0 Å². The van der Waals surface area contributed by atoms with E-state index in [1.54, 1.807) is 0 Å². The number of rotatable bonds is 12. The Labute approximate surface area is 348 Å². The molecule has 0 unspecified atom stereocenters. The number of nitrogens with zero attached hydrogens (tertiary/aromatic N) is 2. The topological polar surface area (TPSA) is 188 Å². The van der Waals surface area contributed by atoms with Crippen LogP contribution in [-0.2, 0) is 43.0 Å². The molecule has 9 rings (SSSR count). The number of piperidine rings is 2. The number of ether oxygens (including phenoxy) is 6. The number of carbonyl (C=O) groups is 2. The third kappa shape index (κ3) is 7.35. The molecule has 14 heteroatoms. The number of nitrogens with two attached hydrogens (primary N) is 2. The van der Waals surface area contributed by atoms with E-state index in [-0.39, 0.29) is 37.3 Å². The van der Waals surface area contributed by atoms with Crippen LogP contribution in [-0.4, -0.2) is 110 Å². The largest absolute Gasteiger partial charge is 0.492 e. The number of likely N-dealkylation sites (tertiary alicyclic amines) is 2. The summed E-state index contributed by atoms with van der Waals surface area (Å²) >= 11 is 0. The third-order valence-corrected chi connectivity index (χ3v) is 13.2. The normalized spacial score (nSPS) is 23.7. The molecule has 2 atom stereocenters. The van der Waals surface area contributed by atoms with Gasteiger partial charge in [0.1, 0.15) is 49.4 Å². The van der Waals surface area contributed by atoms with Gasteiger partial charge in [-0.15, -0.1) is 0 Å². The summed E-state index contributed by atoms with van der Waals surface area (Å²) < 4.78 is 35.8. The smallest absolute Gasteiger partial charge is 0.225 e. The second kappa shape index (κ2) is 16.0. The second-order valence-corrected chi connectivity index (χ2v) is 16.9. The van der Waals surface area contributed by atoms with Crippen molar-refractivity contribution in [2.75, 3.05) is 65.8 Å². The molecule has 5 aliphatic heterocycles. The number of benzene rings is 4. The molecule has 4 aromatic rings. The van der Waals surface area contributed by atoms with Gasteiger partial charge in [-0.25, -0.2) is 0 Å². The van der Waals surface area contributed by atoms with Crippen LogP contribution in [0.25, 0.3) is 22.3 Å². The Hall–Kier alpha value is -5.22. The van der Waals surface area contributed by atoms with E-state index in [0.717, 1.165) is 94.5 Å². The van der Waals surface area contributed by atoms with E-state index in [0.29, 0.717) is 64.0 Å². The molecule has 60 heavy (non-hydrogen) atoms. The molecule has 5 heterocycles. The lowest BCUT2D eigenvalue weighted by molar-refractivity contribution is -0.374. The highest BCUT2D eigenvalue weighted by Crippen LogP contribution is 2.52. The summed E-state index contributed by atoms with van der Waals surface area (Å²) in [5, 5.41) is 22.4. The molecule has 0 saturated carbocycles. The van der Waals surface area contributed by atoms with Gasteiger partial charge >= 0.3 is 0 Å². The molecule has 6 N–H and O–H groups in total. The van der Waals surface area contributed by atoms with Crippen molar-refractivity contribution >= 4 is 12.8 Å². The van der Waals surface area contributed by atoms with Crippen LogP contribution < -0.4 is 30.4 Å². The molecule has 3 fully saturated rings. The minimum Gasteiger partial charge on any atom is -0.492 e. The van der Waals surface area contributed by atoms with Crippen LogP contribution in [0.5, 0.6) is 23.0 Å². The van der Waals surface area contributed by atoms with Gasteiger partial charge in [0, 0.05) is 61.2 Å². The van der Waals surface area contributed by atoms with Gasteiger partial charge in [0.15, 0.2) is 0 Å². The molecule has 0 bridgehead atoms. The van der Waals surface area contributed by atoms with Crippen LogP contribution in [0.2, 0.25) is 0 Å². The lowest BCUT2D eigenvalue weighted by Crippen LogP contribution is -2.58. The van der Waals surface area contributed by atoms with Crippen molar-refractivity contribution in [1.29, 1.82) is 0 Å². The predicted molar refractivity (Wildman–Crippen MR) is 220 cm³/mol. The summed E-state index contributed by atoms with van der Waals surface area (Å²) in [5.74, 6) is -0.871. The van der Waals surface area contributed by atoms with E-state index in [1.807, 2.05) is 82.6 Å². The third-order valence-electron chi connectivity index (χ3n) is 13.2. The number of hydrogen-bond acceptors (Lipinski definition) is 12. The van der Waals surface area contributed by atoms with Crippen molar-refractivity contribution in [2.45, 2.75) is 61.2 Å². The van der Waals surface area contributed by atoms with E-state index in [2.05, 4.69) is 0 Å². The van der Waals surface area contributed by atoms with Crippen molar-refractivity contribution in [2.24, 2.45) is 11.5 Å². The summed E-state index contributed by atoms with van der Waals surface area (Å²) in [6, 6.07) is 23.2. The number of fused-ring (bicyclic) bond motifs is 4. The number of carbonyl (C=O) groups excluding carboxylic acids is 2. The Bertz CT molecular complexity index is 2050. The Morgan fingerprint density at radius 1 is 0.567 bits per heavy atom. The molecule has 2 spiro atoms. The standard InChI is InChI=1S/C46H52N4O10/c47-21-33-5-11-37-41(43(23-57-37)13-17-49(29-51)18-14-43)39(33)31-1-7-35(8-2-31)55-25-45(53)27-60-46(54,28-59-45)26-56-36-9-3-32(4-10-36)40-34(22-48)6-12-38-42(40)44(24-58-38)15-19-50(30-52)20-16-44/h1-12,29-30,53-54H,13-28,47-48H2/t45-,46-/m1/s1. The van der Waals surface area contributed by atoms with Crippen molar-refractivity contribution in [1.82, 2.24) is 9.80 Å². The van der Waals surface area contributed by atoms with Gasteiger partial charge in [0.05, 0.1) is 13.2 Å². The maximum atomic E-state index is 11.4. The van der Waals surface area contributed by atoms with Crippen LogP contribution in [0.4, 0.5) is 0 Å². The molecule has 0 aromatic heterocycles. The minimum absolute atomic E-state index is 0.195. The van der Waals surface area contributed by atoms with Gasteiger partial charge in [0.25, 0.3) is 0 Å². The van der Waals surface area contributed by atoms with Gasteiger partial charge in [-0.1, -0.05) is 36.4 Å². The van der Waals surface area contributed by atoms with Crippen molar-refractivity contribution < 1.29 is 48.2 Å². The van der Waals surface area contributed by atoms with E-state index < -0.39 is 11.6 Å². The van der Waals surface area contributed by atoms with E-state index in [9.17, 15) is 19.8 Å². The van der Waals surface area contributed by atoms with Crippen LogP contribution in [0.15, 0.2) is 72.8 Å². The quantitative estimate of drug-likeness (QED) is 0.153. The first kappa shape index (κ1) is 40.2. The summed E-state index contributed by atoms with van der Waals surface area (Å²) in [6.07, 6.45) is 5.07. The Morgan fingerprint density at radius 3 is 1.28 bits per heavy atom. The van der Waals surface area contributed by atoms with E-state index >= 15 is 0 Å². The average Bonchev–Trinajstić information content (AvgIpc) is 3.84. The molecule has 4 aromatic carbocycles. The highest BCUT2D eigenvalue weighted by Gasteiger charge is 2.47. The number of aliphatic hydroxyl groups is 2. The monoisotopic (exact) mass is 820 g/mol. The summed E-state index contributed by atoms with van der Waals surface area (Å²) in [6.45, 7) is 3.39. The summed E-state index contributed by atoms with van der Waals surface area (Å²) in [4.78, 5) is 26.5. The van der Waals surface area contributed by atoms with Crippen LogP contribution >= 0.6 is 0 Å².